The monoisotopic (exact) mass is 355 g/mol. The van der Waals surface area contributed by atoms with Gasteiger partial charge in [0.2, 0.25) is 5.91 Å². The molecule has 0 bridgehead atoms. The highest BCUT2D eigenvalue weighted by Crippen LogP contribution is 2.17. The number of hydrogen-bond donors (Lipinski definition) is 1. The molecule has 0 fully saturated rings. The highest BCUT2D eigenvalue weighted by atomic mass is 16.5. The summed E-state index contributed by atoms with van der Waals surface area (Å²) in [5.41, 5.74) is 2.58. The summed E-state index contributed by atoms with van der Waals surface area (Å²) < 4.78 is 5.84. The van der Waals surface area contributed by atoms with E-state index in [1.165, 1.54) is 11.8 Å². The van der Waals surface area contributed by atoms with Crippen LogP contribution in [0.3, 0.4) is 0 Å². The van der Waals surface area contributed by atoms with Crippen molar-refractivity contribution >= 4 is 17.6 Å². The lowest BCUT2D eigenvalue weighted by molar-refractivity contribution is -0.117. The van der Waals surface area contributed by atoms with Crippen molar-refractivity contribution < 1.29 is 14.3 Å². The zero-order valence-electron chi connectivity index (χ0n) is 14.7. The largest absolute Gasteiger partial charge is 0.465 e. The molecule has 0 spiro atoms. The molecule has 1 aliphatic rings. The number of ether oxygens (including phenoxy) is 1. The number of amides is 1. The van der Waals surface area contributed by atoms with Crippen LogP contribution in [-0.4, -0.2) is 28.8 Å². The minimum absolute atomic E-state index is 0.148. The molecule has 136 valence electrons. The summed E-state index contributed by atoms with van der Waals surface area (Å²) in [4.78, 5) is 35.9. The highest BCUT2D eigenvalue weighted by molar-refractivity contribution is 5.92. The van der Waals surface area contributed by atoms with Crippen LogP contribution in [0.25, 0.3) is 0 Å². The molecule has 0 saturated heterocycles. The lowest BCUT2D eigenvalue weighted by Gasteiger charge is -2.10. The predicted molar refractivity (Wildman–Crippen MR) is 96.2 cm³/mol. The number of hydrogen-bond acceptors (Lipinski definition) is 5. The molecule has 0 unspecified atom stereocenters. The second kappa shape index (κ2) is 7.95. The van der Waals surface area contributed by atoms with E-state index in [0.29, 0.717) is 11.3 Å². The van der Waals surface area contributed by atoms with E-state index in [9.17, 15) is 14.4 Å². The number of methoxy groups -OCH3 is 1. The van der Waals surface area contributed by atoms with Gasteiger partial charge in [-0.05, 0) is 55.5 Å². The first-order chi connectivity index (χ1) is 12.6. The third kappa shape index (κ3) is 4.17. The van der Waals surface area contributed by atoms with Gasteiger partial charge in [0, 0.05) is 11.8 Å². The molecular weight excluding hydrogens is 334 g/mol. The van der Waals surface area contributed by atoms with E-state index < -0.39 is 5.97 Å². The molecule has 7 nitrogen and oxygen atoms in total. The third-order valence-corrected chi connectivity index (χ3v) is 4.41. The number of aryl methyl sites for hydroxylation is 2. The molecule has 26 heavy (non-hydrogen) atoms. The van der Waals surface area contributed by atoms with Gasteiger partial charge in [-0.25, -0.2) is 9.48 Å². The van der Waals surface area contributed by atoms with Gasteiger partial charge in [0.1, 0.15) is 6.54 Å². The Kier molecular flexibility index (Phi) is 5.46. The molecule has 1 heterocycles. The van der Waals surface area contributed by atoms with Crippen LogP contribution < -0.4 is 10.9 Å². The van der Waals surface area contributed by atoms with E-state index in [-0.39, 0.29) is 18.0 Å². The maximum absolute atomic E-state index is 12.2. The van der Waals surface area contributed by atoms with Gasteiger partial charge in [0.05, 0.1) is 18.4 Å². The minimum atomic E-state index is -0.441. The number of carbonyl (C=O) groups excluding carboxylic acids is 2. The van der Waals surface area contributed by atoms with Gasteiger partial charge in [-0.1, -0.05) is 6.42 Å². The molecule has 0 aliphatic heterocycles. The number of rotatable bonds is 4. The van der Waals surface area contributed by atoms with Gasteiger partial charge in [0.25, 0.3) is 5.56 Å². The van der Waals surface area contributed by atoms with Crippen molar-refractivity contribution in [3.8, 4) is 0 Å². The van der Waals surface area contributed by atoms with Crippen LogP contribution in [-0.2, 0) is 28.9 Å². The van der Waals surface area contributed by atoms with Gasteiger partial charge in [0.15, 0.2) is 0 Å². The number of anilines is 1. The molecule has 1 aliphatic carbocycles. The normalized spacial score (nSPS) is 13.4. The van der Waals surface area contributed by atoms with Crippen molar-refractivity contribution in [2.24, 2.45) is 0 Å². The van der Waals surface area contributed by atoms with E-state index in [0.717, 1.165) is 43.4 Å². The number of carbonyl (C=O) groups is 2. The summed E-state index contributed by atoms with van der Waals surface area (Å²) in [5, 5.41) is 7.09. The van der Waals surface area contributed by atoms with Gasteiger partial charge >= 0.3 is 5.97 Å². The quantitative estimate of drug-likeness (QED) is 0.669. The first kappa shape index (κ1) is 17.8. The molecule has 1 aromatic heterocycles. The summed E-state index contributed by atoms with van der Waals surface area (Å²) in [6.07, 6.45) is 4.97. The van der Waals surface area contributed by atoms with E-state index >= 15 is 0 Å². The molecule has 1 aromatic carbocycles. The van der Waals surface area contributed by atoms with Crippen LogP contribution in [0.1, 0.15) is 40.9 Å². The summed E-state index contributed by atoms with van der Waals surface area (Å²) in [6.45, 7) is -0.148. The highest BCUT2D eigenvalue weighted by Gasteiger charge is 2.14. The van der Waals surface area contributed by atoms with Gasteiger partial charge in [-0.3, -0.25) is 9.59 Å². The van der Waals surface area contributed by atoms with Crippen LogP contribution in [0.5, 0.6) is 0 Å². The van der Waals surface area contributed by atoms with Crippen molar-refractivity contribution in [1.82, 2.24) is 9.78 Å². The van der Waals surface area contributed by atoms with Crippen molar-refractivity contribution in [2.75, 3.05) is 12.4 Å². The molecular formula is C19H21N3O4. The predicted octanol–water partition coefficient (Wildman–Crippen LogP) is 1.94. The number of nitrogens with one attached hydrogen (secondary N) is 1. The Bertz CT molecular complexity index is 871. The van der Waals surface area contributed by atoms with Crippen LogP contribution >= 0.6 is 0 Å². The van der Waals surface area contributed by atoms with Crippen molar-refractivity contribution in [2.45, 2.75) is 38.6 Å². The lowest BCUT2D eigenvalue weighted by atomic mass is 10.1. The molecule has 1 N–H and O–H groups in total. The molecule has 1 amide bonds. The smallest absolute Gasteiger partial charge is 0.337 e. The average molecular weight is 355 g/mol. The first-order valence-electron chi connectivity index (χ1n) is 8.65. The SMILES string of the molecule is COC(=O)c1ccc(NC(=O)Cn2nc3c(cc2=O)CCCCC3)cc1. The van der Waals surface area contributed by atoms with E-state index in [4.69, 9.17) is 0 Å². The number of nitrogens with zero attached hydrogens (tertiary/aromatic N) is 2. The number of fused-ring (bicyclic) bond motifs is 1. The molecule has 0 radical (unpaired) electrons. The fraction of sp³-hybridized carbons (Fsp3) is 0.368. The van der Waals surface area contributed by atoms with Crippen molar-refractivity contribution in [3.05, 3.63) is 57.5 Å². The van der Waals surface area contributed by atoms with Crippen molar-refractivity contribution in [1.29, 1.82) is 0 Å². The first-order valence-corrected chi connectivity index (χ1v) is 8.65. The number of aromatic nitrogens is 2. The maximum Gasteiger partial charge on any atom is 0.337 e. The summed E-state index contributed by atoms with van der Waals surface area (Å²) in [7, 11) is 1.31. The van der Waals surface area contributed by atoms with Crippen LogP contribution in [0.4, 0.5) is 5.69 Å². The summed E-state index contributed by atoms with van der Waals surface area (Å²) in [5.74, 6) is -0.789. The van der Waals surface area contributed by atoms with E-state index in [1.54, 1.807) is 30.3 Å². The molecule has 3 rings (SSSR count). The molecule has 7 heteroatoms. The Morgan fingerprint density at radius 1 is 1.15 bits per heavy atom. The molecule has 0 saturated carbocycles. The van der Waals surface area contributed by atoms with E-state index in [1.807, 2.05) is 0 Å². The van der Waals surface area contributed by atoms with Gasteiger partial charge in [-0.15, -0.1) is 0 Å². The third-order valence-electron chi connectivity index (χ3n) is 4.41. The Hall–Kier alpha value is -2.96. The molecule has 0 atom stereocenters. The zero-order valence-corrected chi connectivity index (χ0v) is 14.7. The van der Waals surface area contributed by atoms with Crippen LogP contribution in [0.2, 0.25) is 0 Å². The summed E-state index contributed by atoms with van der Waals surface area (Å²) >= 11 is 0. The van der Waals surface area contributed by atoms with Gasteiger partial charge < -0.3 is 10.1 Å². The van der Waals surface area contributed by atoms with Gasteiger partial charge in [-0.2, -0.15) is 5.10 Å². The second-order valence-electron chi connectivity index (χ2n) is 6.29. The standard InChI is InChI=1S/C19H21N3O4/c1-26-19(25)13-7-9-15(10-8-13)20-17(23)12-22-18(24)11-14-5-3-2-4-6-16(14)21-22/h7-11H,2-6,12H2,1H3,(H,20,23). The van der Waals surface area contributed by atoms with Crippen LogP contribution in [0.15, 0.2) is 35.1 Å². The minimum Gasteiger partial charge on any atom is -0.465 e. The lowest BCUT2D eigenvalue weighted by Crippen LogP contribution is -2.30. The summed E-state index contributed by atoms with van der Waals surface area (Å²) in [6, 6.07) is 7.95. The van der Waals surface area contributed by atoms with Crippen molar-refractivity contribution in [3.63, 3.8) is 0 Å². The fourth-order valence-corrected chi connectivity index (χ4v) is 3.04. The molecule has 2 aromatic rings. The number of esters is 1. The zero-order chi connectivity index (χ0) is 18.5. The van der Waals surface area contributed by atoms with Crippen LogP contribution in [0, 0.1) is 0 Å². The fourth-order valence-electron chi connectivity index (χ4n) is 3.04. The Labute approximate surface area is 151 Å². The van der Waals surface area contributed by atoms with E-state index in [2.05, 4.69) is 15.2 Å². The second-order valence-corrected chi connectivity index (χ2v) is 6.29. The topological polar surface area (TPSA) is 90.3 Å². The Morgan fingerprint density at radius 3 is 2.62 bits per heavy atom. The Balaban J connectivity index is 1.69. The Morgan fingerprint density at radius 2 is 1.88 bits per heavy atom. The maximum atomic E-state index is 12.2. The average Bonchev–Trinajstić information content (AvgIpc) is 2.87. The number of benzene rings is 1.